The molecule has 1 fully saturated rings. The molecular formula is C13H18BrFN2O. The minimum atomic E-state index is -0.160. The van der Waals surface area contributed by atoms with Gasteiger partial charge >= 0.3 is 0 Å². The summed E-state index contributed by atoms with van der Waals surface area (Å²) in [6.45, 7) is 3.65. The van der Waals surface area contributed by atoms with Crippen molar-refractivity contribution < 1.29 is 9.13 Å². The topological polar surface area (TPSA) is 15.7 Å². The highest BCUT2D eigenvalue weighted by molar-refractivity contribution is 9.10. The van der Waals surface area contributed by atoms with Crippen molar-refractivity contribution >= 4 is 21.6 Å². The van der Waals surface area contributed by atoms with Gasteiger partial charge in [0.25, 0.3) is 0 Å². The lowest BCUT2D eigenvalue weighted by molar-refractivity contribution is 0.122. The Hall–Kier alpha value is -0.650. The molecule has 1 aromatic rings. The number of ether oxygens (including phenoxy) is 1. The summed E-state index contributed by atoms with van der Waals surface area (Å²) in [4.78, 5) is 4.17. The Morgan fingerprint density at radius 2 is 2.00 bits per heavy atom. The molecule has 1 aliphatic rings. The van der Waals surface area contributed by atoms with Crippen LogP contribution in [-0.4, -0.2) is 45.3 Å². The molecule has 0 bridgehead atoms. The van der Waals surface area contributed by atoms with Crippen LogP contribution in [0.5, 0.6) is 0 Å². The molecule has 5 heteroatoms. The molecule has 0 radical (unpaired) electrons. The Labute approximate surface area is 116 Å². The molecule has 0 saturated carbocycles. The van der Waals surface area contributed by atoms with Crippen molar-refractivity contribution in [2.24, 2.45) is 0 Å². The second-order valence-electron chi connectivity index (χ2n) is 4.70. The fourth-order valence-electron chi connectivity index (χ4n) is 2.15. The summed E-state index contributed by atoms with van der Waals surface area (Å²) in [5.74, 6) is -0.160. The van der Waals surface area contributed by atoms with Crippen LogP contribution in [0.2, 0.25) is 0 Å². The van der Waals surface area contributed by atoms with Gasteiger partial charge in [-0.15, -0.1) is 0 Å². The van der Waals surface area contributed by atoms with Crippen LogP contribution >= 0.6 is 15.9 Å². The third kappa shape index (κ3) is 3.02. The summed E-state index contributed by atoms with van der Waals surface area (Å²) in [7, 11) is 3.90. The van der Waals surface area contributed by atoms with E-state index >= 15 is 0 Å². The summed E-state index contributed by atoms with van der Waals surface area (Å²) < 4.78 is 20.1. The van der Waals surface area contributed by atoms with Crippen molar-refractivity contribution in [3.05, 3.63) is 28.0 Å². The summed E-state index contributed by atoms with van der Waals surface area (Å²) in [5, 5.41) is 0. The molecule has 0 N–H and O–H groups in total. The van der Waals surface area contributed by atoms with Gasteiger partial charge in [0.2, 0.25) is 0 Å². The fourth-order valence-corrected chi connectivity index (χ4v) is 2.52. The lowest BCUT2D eigenvalue weighted by atomic mass is 10.1. The van der Waals surface area contributed by atoms with Crippen molar-refractivity contribution in [3.63, 3.8) is 0 Å². The first-order chi connectivity index (χ1) is 8.59. The summed E-state index contributed by atoms with van der Waals surface area (Å²) >= 11 is 3.26. The number of nitrogens with zero attached hydrogens (tertiary/aromatic N) is 2. The van der Waals surface area contributed by atoms with E-state index in [1.54, 1.807) is 6.07 Å². The maximum Gasteiger partial charge on any atom is 0.143 e. The maximum absolute atomic E-state index is 14.2. The van der Waals surface area contributed by atoms with Gasteiger partial charge in [-0.1, -0.05) is 0 Å². The highest BCUT2D eigenvalue weighted by Gasteiger charge is 2.19. The molecule has 1 aromatic carbocycles. The van der Waals surface area contributed by atoms with Crippen molar-refractivity contribution in [2.45, 2.75) is 6.54 Å². The Balaban J connectivity index is 2.35. The number of benzene rings is 1. The summed E-state index contributed by atoms with van der Waals surface area (Å²) in [6, 6.07) is 3.76. The summed E-state index contributed by atoms with van der Waals surface area (Å²) in [6.07, 6.45) is 0. The quantitative estimate of drug-likeness (QED) is 0.852. The second-order valence-corrected chi connectivity index (χ2v) is 5.55. The van der Waals surface area contributed by atoms with Crippen LogP contribution in [-0.2, 0) is 11.3 Å². The van der Waals surface area contributed by atoms with Gasteiger partial charge in [-0.2, -0.15) is 0 Å². The van der Waals surface area contributed by atoms with E-state index in [4.69, 9.17) is 4.74 Å². The lowest BCUT2D eigenvalue weighted by Gasteiger charge is -2.31. The van der Waals surface area contributed by atoms with Gasteiger partial charge in [0.15, 0.2) is 0 Å². The first-order valence-corrected chi connectivity index (χ1v) is 6.83. The van der Waals surface area contributed by atoms with Gasteiger partial charge in [0.05, 0.1) is 17.7 Å². The molecule has 2 rings (SSSR count). The highest BCUT2D eigenvalue weighted by atomic mass is 79.9. The first-order valence-electron chi connectivity index (χ1n) is 6.04. The monoisotopic (exact) mass is 316 g/mol. The van der Waals surface area contributed by atoms with Gasteiger partial charge in [0, 0.05) is 30.9 Å². The van der Waals surface area contributed by atoms with Crippen molar-refractivity contribution in [2.75, 3.05) is 45.3 Å². The van der Waals surface area contributed by atoms with E-state index in [0.717, 1.165) is 24.3 Å². The average molecular weight is 317 g/mol. The number of rotatable bonds is 3. The third-order valence-electron chi connectivity index (χ3n) is 3.00. The smallest absolute Gasteiger partial charge is 0.143 e. The summed E-state index contributed by atoms with van der Waals surface area (Å²) in [5.41, 5.74) is 1.73. The molecule has 0 aliphatic carbocycles. The Morgan fingerprint density at radius 3 is 2.61 bits per heavy atom. The van der Waals surface area contributed by atoms with E-state index in [9.17, 15) is 4.39 Å². The maximum atomic E-state index is 14.2. The van der Waals surface area contributed by atoms with Crippen molar-refractivity contribution in [1.29, 1.82) is 0 Å². The molecule has 1 saturated heterocycles. The van der Waals surface area contributed by atoms with Crippen LogP contribution in [0.1, 0.15) is 5.56 Å². The standard InChI is InChI=1S/C13H18BrFN2O/c1-16(2)9-10-12(4-3-11(14)13(10)15)17-5-7-18-8-6-17/h3-4H,5-9H2,1-2H3. The van der Waals surface area contributed by atoms with Crippen molar-refractivity contribution in [1.82, 2.24) is 4.90 Å². The minimum absolute atomic E-state index is 0.160. The zero-order chi connectivity index (χ0) is 13.1. The van der Waals surface area contributed by atoms with Gasteiger partial charge in [-0.05, 0) is 42.2 Å². The predicted molar refractivity (Wildman–Crippen MR) is 74.5 cm³/mol. The molecule has 1 aliphatic heterocycles. The van der Waals surface area contributed by atoms with Gasteiger partial charge < -0.3 is 14.5 Å². The molecule has 18 heavy (non-hydrogen) atoms. The molecule has 0 aromatic heterocycles. The van der Waals surface area contributed by atoms with E-state index in [0.29, 0.717) is 24.2 Å². The average Bonchev–Trinajstić information content (AvgIpc) is 2.36. The Bertz CT molecular complexity index is 420. The predicted octanol–water partition coefficient (Wildman–Crippen LogP) is 2.49. The Kier molecular flexibility index (Phi) is 4.59. The minimum Gasteiger partial charge on any atom is -0.378 e. The van der Waals surface area contributed by atoms with Gasteiger partial charge in [-0.3, -0.25) is 0 Å². The molecule has 0 atom stereocenters. The van der Waals surface area contributed by atoms with Crippen LogP contribution in [0.3, 0.4) is 0 Å². The largest absolute Gasteiger partial charge is 0.378 e. The molecule has 0 spiro atoms. The van der Waals surface area contributed by atoms with Gasteiger partial charge in [-0.25, -0.2) is 4.39 Å². The number of anilines is 1. The molecule has 1 heterocycles. The number of halogens is 2. The van der Waals surface area contributed by atoms with Crippen molar-refractivity contribution in [3.8, 4) is 0 Å². The fraction of sp³-hybridized carbons (Fsp3) is 0.538. The third-order valence-corrected chi connectivity index (χ3v) is 3.61. The zero-order valence-electron chi connectivity index (χ0n) is 10.7. The zero-order valence-corrected chi connectivity index (χ0v) is 12.3. The normalized spacial score (nSPS) is 16.4. The van der Waals surface area contributed by atoms with E-state index in [1.807, 2.05) is 25.1 Å². The van der Waals surface area contributed by atoms with Crippen LogP contribution in [0, 0.1) is 5.82 Å². The molecular weight excluding hydrogens is 299 g/mol. The van der Waals surface area contributed by atoms with E-state index in [2.05, 4.69) is 20.8 Å². The van der Waals surface area contributed by atoms with E-state index in [1.165, 1.54) is 0 Å². The SMILES string of the molecule is CN(C)Cc1c(N2CCOCC2)ccc(Br)c1F. The number of hydrogen-bond acceptors (Lipinski definition) is 3. The van der Waals surface area contributed by atoms with E-state index < -0.39 is 0 Å². The number of hydrogen-bond donors (Lipinski definition) is 0. The van der Waals surface area contributed by atoms with Gasteiger partial charge in [0.1, 0.15) is 5.82 Å². The van der Waals surface area contributed by atoms with E-state index in [-0.39, 0.29) is 5.82 Å². The highest BCUT2D eigenvalue weighted by Crippen LogP contribution is 2.30. The molecule has 0 amide bonds. The molecule has 100 valence electrons. The second kappa shape index (κ2) is 5.99. The number of morpholine rings is 1. The van der Waals surface area contributed by atoms with Crippen LogP contribution < -0.4 is 4.90 Å². The molecule has 3 nitrogen and oxygen atoms in total. The van der Waals surface area contributed by atoms with Crippen LogP contribution in [0.25, 0.3) is 0 Å². The van der Waals surface area contributed by atoms with Crippen LogP contribution in [0.15, 0.2) is 16.6 Å². The first kappa shape index (κ1) is 13.8. The van der Waals surface area contributed by atoms with Crippen LogP contribution in [0.4, 0.5) is 10.1 Å². The Morgan fingerprint density at radius 1 is 1.33 bits per heavy atom. The molecule has 0 unspecified atom stereocenters. The lowest BCUT2D eigenvalue weighted by Crippen LogP contribution is -2.37.